The van der Waals surface area contributed by atoms with Gasteiger partial charge in [-0.05, 0) is 31.7 Å². The van der Waals surface area contributed by atoms with Crippen molar-refractivity contribution in [2.75, 3.05) is 5.32 Å². The summed E-state index contributed by atoms with van der Waals surface area (Å²) in [6, 6.07) is 3.28. The summed E-state index contributed by atoms with van der Waals surface area (Å²) >= 11 is 6.02. The van der Waals surface area contributed by atoms with Crippen molar-refractivity contribution in [3.8, 4) is 5.88 Å². The maximum absolute atomic E-state index is 12.5. The lowest BCUT2D eigenvalue weighted by atomic mass is 9.97. The van der Waals surface area contributed by atoms with E-state index in [1.165, 1.54) is 17.0 Å². The van der Waals surface area contributed by atoms with Gasteiger partial charge in [0.1, 0.15) is 11.0 Å². The Balaban J connectivity index is 1.59. The molecule has 4 heterocycles. The second kappa shape index (κ2) is 7.55. The Bertz CT molecular complexity index is 1130. The van der Waals surface area contributed by atoms with Crippen LogP contribution in [0.15, 0.2) is 18.2 Å². The minimum Gasteiger partial charge on any atom is -0.465 e. The van der Waals surface area contributed by atoms with E-state index in [2.05, 4.69) is 19.5 Å². The number of nitrogens with one attached hydrogen (secondary N) is 1. The average Bonchev–Trinajstić information content (AvgIpc) is 2.91. The molecule has 9 nitrogen and oxygen atoms in total. The lowest BCUT2D eigenvalue weighted by Crippen LogP contribution is -2.49. The number of carbonyl (C=O) groups is 1. The number of alkyl halides is 3. The number of rotatable bonds is 4. The number of anilines is 1. The van der Waals surface area contributed by atoms with Gasteiger partial charge in [0.25, 0.3) is 0 Å². The Labute approximate surface area is 179 Å². The van der Waals surface area contributed by atoms with Gasteiger partial charge in [-0.3, -0.25) is 0 Å². The van der Waals surface area contributed by atoms with Crippen LogP contribution >= 0.6 is 11.6 Å². The van der Waals surface area contributed by atoms with Gasteiger partial charge in [0.05, 0.1) is 5.52 Å². The van der Waals surface area contributed by atoms with Crippen LogP contribution in [0.3, 0.4) is 0 Å². The highest BCUT2D eigenvalue weighted by molar-refractivity contribution is 7.87. The summed E-state index contributed by atoms with van der Waals surface area (Å²) in [5.41, 5.74) is -5.50. The molecule has 2 aromatic rings. The van der Waals surface area contributed by atoms with Crippen LogP contribution in [0.2, 0.25) is 5.15 Å². The predicted molar refractivity (Wildman–Crippen MR) is 103 cm³/mol. The zero-order valence-electron chi connectivity index (χ0n) is 15.6. The van der Waals surface area contributed by atoms with Gasteiger partial charge in [-0.15, -0.1) is 0 Å². The van der Waals surface area contributed by atoms with Gasteiger partial charge in [0, 0.05) is 35.6 Å². The summed E-state index contributed by atoms with van der Waals surface area (Å²) in [7, 11) is -5.86. The van der Waals surface area contributed by atoms with Crippen molar-refractivity contribution < 1.29 is 35.7 Å². The Kier molecular flexibility index (Phi) is 5.28. The first kappa shape index (κ1) is 21.7. The van der Waals surface area contributed by atoms with Gasteiger partial charge in [-0.1, -0.05) is 11.6 Å². The van der Waals surface area contributed by atoms with E-state index in [0.717, 1.165) is 18.9 Å². The number of amides is 1. The molecule has 0 aromatic carbocycles. The van der Waals surface area contributed by atoms with Crippen molar-refractivity contribution in [3.05, 3.63) is 23.4 Å². The Morgan fingerprint density at radius 3 is 2.45 bits per heavy atom. The van der Waals surface area contributed by atoms with Gasteiger partial charge in [0.2, 0.25) is 5.88 Å². The molecular weight excluding hydrogens is 465 g/mol. The lowest BCUT2D eigenvalue weighted by Gasteiger charge is -2.37. The number of hydrogen-bond acceptors (Lipinski definition) is 7. The Hall–Kier alpha value is -2.54. The SMILES string of the molecule is O=C(O)N1[C@@H]2CC[C@H]1C[C@@H](Nc1nc(Cl)cc3nc(OS(=O)(=O)C(F)(F)F)ccc13)C2. The number of fused-ring (bicyclic) bond motifs is 3. The van der Waals surface area contributed by atoms with Crippen LogP contribution in [0.5, 0.6) is 5.88 Å². The largest absolute Gasteiger partial charge is 0.534 e. The molecule has 14 heteroatoms. The molecule has 2 aliphatic heterocycles. The van der Waals surface area contributed by atoms with Crippen LogP contribution in [0, 0.1) is 0 Å². The van der Waals surface area contributed by atoms with Gasteiger partial charge >= 0.3 is 21.7 Å². The van der Waals surface area contributed by atoms with E-state index in [1.54, 1.807) is 0 Å². The van der Waals surface area contributed by atoms with Crippen molar-refractivity contribution in [1.29, 1.82) is 0 Å². The van der Waals surface area contributed by atoms with Crippen LogP contribution in [0.4, 0.5) is 23.8 Å². The first-order valence-electron chi connectivity index (χ1n) is 9.20. The van der Waals surface area contributed by atoms with Gasteiger partial charge in [-0.2, -0.15) is 21.6 Å². The fraction of sp³-hybridized carbons (Fsp3) is 0.471. The number of carboxylic acid groups (broad SMARTS) is 1. The van der Waals surface area contributed by atoms with E-state index < -0.39 is 27.6 Å². The molecule has 168 valence electrons. The summed E-state index contributed by atoms with van der Waals surface area (Å²) in [5, 5.41) is 13.0. The highest BCUT2D eigenvalue weighted by Crippen LogP contribution is 2.37. The topological polar surface area (TPSA) is 122 Å². The molecule has 2 N–H and O–H groups in total. The fourth-order valence-corrected chi connectivity index (χ4v) is 4.80. The molecule has 2 saturated heterocycles. The summed E-state index contributed by atoms with van der Waals surface area (Å²) in [5.74, 6) is -0.445. The molecular formula is C17H16ClF3N4O5S. The van der Waals surface area contributed by atoms with Crippen molar-refractivity contribution in [2.24, 2.45) is 0 Å². The highest BCUT2D eigenvalue weighted by atomic mass is 35.5. The number of hydrogen-bond donors (Lipinski definition) is 2. The van der Waals surface area contributed by atoms with Gasteiger partial charge < -0.3 is 19.5 Å². The maximum Gasteiger partial charge on any atom is 0.534 e. The van der Waals surface area contributed by atoms with Crippen molar-refractivity contribution in [1.82, 2.24) is 14.9 Å². The minimum atomic E-state index is -5.86. The number of pyridine rings is 2. The molecule has 2 aromatic heterocycles. The van der Waals surface area contributed by atoms with Crippen LogP contribution in [-0.2, 0) is 10.1 Å². The second-order valence-electron chi connectivity index (χ2n) is 7.38. The summed E-state index contributed by atoms with van der Waals surface area (Å²) in [6.07, 6.45) is 1.74. The number of halogens is 4. The summed E-state index contributed by atoms with van der Waals surface area (Å²) in [6.45, 7) is 0. The smallest absolute Gasteiger partial charge is 0.465 e. The maximum atomic E-state index is 12.5. The molecule has 2 fully saturated rings. The molecule has 2 aliphatic rings. The lowest BCUT2D eigenvalue weighted by molar-refractivity contribution is -0.0501. The number of aromatic nitrogens is 2. The Morgan fingerprint density at radius 2 is 1.87 bits per heavy atom. The quantitative estimate of drug-likeness (QED) is 0.387. The second-order valence-corrected chi connectivity index (χ2v) is 9.31. The highest BCUT2D eigenvalue weighted by Gasteiger charge is 2.49. The Morgan fingerprint density at radius 1 is 1.23 bits per heavy atom. The molecule has 0 unspecified atom stereocenters. The summed E-state index contributed by atoms with van der Waals surface area (Å²) in [4.78, 5) is 20.9. The van der Waals surface area contributed by atoms with Crippen molar-refractivity contribution >= 4 is 44.5 Å². The standard InChI is InChI=1S/C17H16ClF3N4O5S/c18-13-7-12-11(3-4-14(23-12)30-31(28,29)17(19,20)21)15(24-13)22-8-5-9-1-2-10(6-8)25(9)16(26)27/h3-4,7-10H,1-2,5-6H2,(H,22,24)(H,26,27)/t8-,9+,10-. The normalized spacial score (nSPS) is 23.7. The van der Waals surface area contributed by atoms with Crippen LogP contribution in [0.25, 0.3) is 10.9 Å². The molecule has 0 radical (unpaired) electrons. The average molecular weight is 481 g/mol. The number of piperidine rings is 1. The van der Waals surface area contributed by atoms with Crippen LogP contribution in [0.1, 0.15) is 25.7 Å². The van der Waals surface area contributed by atoms with Crippen molar-refractivity contribution in [2.45, 2.75) is 49.3 Å². The van der Waals surface area contributed by atoms with Gasteiger partial charge in [-0.25, -0.2) is 14.8 Å². The van der Waals surface area contributed by atoms with E-state index >= 15 is 0 Å². The van der Waals surface area contributed by atoms with Crippen LogP contribution in [-0.4, -0.2) is 58.1 Å². The molecule has 3 atom stereocenters. The molecule has 0 aliphatic carbocycles. The number of nitrogens with zero attached hydrogens (tertiary/aromatic N) is 3. The third-order valence-electron chi connectivity index (χ3n) is 5.40. The fourth-order valence-electron chi connectivity index (χ4n) is 4.20. The van der Waals surface area contributed by atoms with E-state index in [9.17, 15) is 31.5 Å². The third-order valence-corrected chi connectivity index (χ3v) is 6.55. The van der Waals surface area contributed by atoms with E-state index in [4.69, 9.17) is 11.6 Å². The third kappa shape index (κ3) is 4.15. The van der Waals surface area contributed by atoms with Gasteiger partial charge in [0.15, 0.2) is 0 Å². The van der Waals surface area contributed by atoms with Crippen molar-refractivity contribution in [3.63, 3.8) is 0 Å². The summed E-state index contributed by atoms with van der Waals surface area (Å²) < 4.78 is 64.1. The molecule has 0 saturated carbocycles. The van der Waals surface area contributed by atoms with E-state index in [1.807, 2.05) is 0 Å². The molecule has 0 spiro atoms. The van der Waals surface area contributed by atoms with Crippen LogP contribution < -0.4 is 9.50 Å². The molecule has 1 amide bonds. The zero-order valence-corrected chi connectivity index (χ0v) is 17.2. The predicted octanol–water partition coefficient (Wildman–Crippen LogP) is 3.60. The first-order valence-corrected chi connectivity index (χ1v) is 11.0. The molecule has 31 heavy (non-hydrogen) atoms. The first-order chi connectivity index (χ1) is 14.4. The zero-order chi connectivity index (χ0) is 22.6. The van der Waals surface area contributed by atoms with E-state index in [0.29, 0.717) is 24.0 Å². The molecule has 2 bridgehead atoms. The minimum absolute atomic E-state index is 0.00993. The van der Waals surface area contributed by atoms with E-state index in [-0.39, 0.29) is 28.8 Å². The molecule has 4 rings (SSSR count). The monoisotopic (exact) mass is 480 g/mol.